The van der Waals surface area contributed by atoms with Crippen LogP contribution in [0, 0.1) is 6.92 Å². The molecule has 2 rings (SSSR count). The monoisotopic (exact) mass is 469 g/mol. The van der Waals surface area contributed by atoms with E-state index in [1.54, 1.807) is 0 Å². The summed E-state index contributed by atoms with van der Waals surface area (Å²) >= 11 is 0. The molecule has 0 bridgehead atoms. The minimum Gasteiger partial charge on any atom is -0.494 e. The van der Waals surface area contributed by atoms with E-state index in [0.29, 0.717) is 26.1 Å². The van der Waals surface area contributed by atoms with E-state index < -0.39 is 17.7 Å². The number of alkyl carbamates (subject to hydrolysis) is 1. The van der Waals surface area contributed by atoms with Gasteiger partial charge >= 0.3 is 6.09 Å². The van der Waals surface area contributed by atoms with Crippen LogP contribution < -0.4 is 21.1 Å². The van der Waals surface area contributed by atoms with Gasteiger partial charge in [0, 0.05) is 13.1 Å². The molecule has 0 aliphatic carbocycles. The third-order valence-electron chi connectivity index (χ3n) is 5.21. The van der Waals surface area contributed by atoms with Crippen LogP contribution in [-0.2, 0) is 22.5 Å². The number of amides is 2. The fourth-order valence-corrected chi connectivity index (χ4v) is 3.26. The first-order chi connectivity index (χ1) is 16.1. The van der Waals surface area contributed by atoms with Crippen LogP contribution in [0.15, 0.2) is 48.5 Å². The highest BCUT2D eigenvalue weighted by Gasteiger charge is 2.15. The minimum atomic E-state index is -0.547. The molecule has 0 heterocycles. The Kier molecular flexibility index (Phi) is 10.9. The van der Waals surface area contributed by atoms with Crippen molar-refractivity contribution in [3.63, 3.8) is 0 Å². The quantitative estimate of drug-likeness (QED) is 0.403. The van der Waals surface area contributed by atoms with E-state index in [1.807, 2.05) is 76.2 Å². The lowest BCUT2D eigenvalue weighted by atomic mass is 10.0. The molecule has 0 aliphatic heterocycles. The van der Waals surface area contributed by atoms with Crippen molar-refractivity contribution in [1.82, 2.24) is 10.6 Å². The summed E-state index contributed by atoms with van der Waals surface area (Å²) in [6.45, 7) is 8.99. The molecule has 34 heavy (non-hydrogen) atoms. The van der Waals surface area contributed by atoms with Crippen LogP contribution in [0.1, 0.15) is 56.7 Å². The van der Waals surface area contributed by atoms with Gasteiger partial charge in [0.25, 0.3) is 0 Å². The summed E-state index contributed by atoms with van der Waals surface area (Å²) in [6.07, 6.45) is 2.55. The number of carbonyl (C=O) groups excluding carboxylic acids is 2. The molecule has 1 atom stereocenters. The molecule has 0 aromatic heterocycles. The molecule has 0 saturated heterocycles. The number of rotatable bonds is 12. The highest BCUT2D eigenvalue weighted by Crippen LogP contribution is 2.18. The van der Waals surface area contributed by atoms with Gasteiger partial charge in [-0.2, -0.15) is 0 Å². The Hall–Kier alpha value is -3.06. The lowest BCUT2D eigenvalue weighted by Crippen LogP contribution is -2.40. The Bertz CT molecular complexity index is 910. The number of nitrogens with two attached hydrogens (primary N) is 1. The van der Waals surface area contributed by atoms with Gasteiger partial charge in [-0.05, 0) is 82.2 Å². The fraction of sp³-hybridized carbons (Fsp3) is 0.481. The van der Waals surface area contributed by atoms with Crippen molar-refractivity contribution >= 4 is 12.0 Å². The lowest BCUT2D eigenvalue weighted by Gasteiger charge is -2.19. The molecule has 0 fully saturated rings. The van der Waals surface area contributed by atoms with E-state index in [2.05, 4.69) is 10.6 Å². The topological polar surface area (TPSA) is 103 Å². The molecular formula is C27H39N3O4. The van der Waals surface area contributed by atoms with Crippen molar-refractivity contribution in [2.75, 3.05) is 13.2 Å². The highest BCUT2D eigenvalue weighted by atomic mass is 16.6. The first-order valence-corrected chi connectivity index (χ1v) is 11.9. The minimum absolute atomic E-state index is 0.154. The maximum absolute atomic E-state index is 12.4. The summed E-state index contributed by atoms with van der Waals surface area (Å²) in [6, 6.07) is 15.3. The number of nitrogens with one attached hydrogen (secondary N) is 2. The number of benzene rings is 2. The van der Waals surface area contributed by atoms with Crippen LogP contribution in [0.5, 0.6) is 5.75 Å². The van der Waals surface area contributed by atoms with Crippen LogP contribution in [0.2, 0.25) is 0 Å². The summed E-state index contributed by atoms with van der Waals surface area (Å²) in [5.41, 5.74) is 8.83. The fourth-order valence-electron chi connectivity index (χ4n) is 3.26. The number of hydrogen-bond donors (Lipinski definition) is 3. The van der Waals surface area contributed by atoms with E-state index in [-0.39, 0.29) is 5.91 Å². The first-order valence-electron chi connectivity index (χ1n) is 11.9. The largest absolute Gasteiger partial charge is 0.494 e. The predicted octanol–water partition coefficient (Wildman–Crippen LogP) is 4.26. The zero-order valence-electron chi connectivity index (χ0n) is 20.9. The molecule has 2 aromatic rings. The lowest BCUT2D eigenvalue weighted by molar-refractivity contribution is -0.122. The van der Waals surface area contributed by atoms with Gasteiger partial charge in [-0.15, -0.1) is 0 Å². The predicted molar refractivity (Wildman–Crippen MR) is 135 cm³/mol. The number of ether oxygens (including phenoxy) is 2. The van der Waals surface area contributed by atoms with Gasteiger partial charge in [-0.25, -0.2) is 4.79 Å². The molecule has 1 unspecified atom stereocenters. The second-order valence-electron chi connectivity index (χ2n) is 9.42. The van der Waals surface area contributed by atoms with Crippen LogP contribution in [0.25, 0.3) is 0 Å². The third kappa shape index (κ3) is 10.7. The van der Waals surface area contributed by atoms with Crippen LogP contribution in [0.3, 0.4) is 0 Å². The number of aryl methyl sites for hydroxylation is 2. The number of hydrogen-bond acceptors (Lipinski definition) is 5. The average molecular weight is 470 g/mol. The first kappa shape index (κ1) is 27.2. The maximum Gasteiger partial charge on any atom is 0.407 e. The van der Waals surface area contributed by atoms with Crippen molar-refractivity contribution in [2.24, 2.45) is 5.73 Å². The Labute approximate surface area is 203 Å². The smallest absolute Gasteiger partial charge is 0.407 e. The van der Waals surface area contributed by atoms with Gasteiger partial charge in [-0.3, -0.25) is 4.79 Å². The van der Waals surface area contributed by atoms with Crippen LogP contribution in [0.4, 0.5) is 4.79 Å². The zero-order valence-corrected chi connectivity index (χ0v) is 20.9. The van der Waals surface area contributed by atoms with Gasteiger partial charge in [0.05, 0.1) is 12.6 Å². The Morgan fingerprint density at radius 2 is 1.76 bits per heavy atom. The van der Waals surface area contributed by atoms with Crippen molar-refractivity contribution < 1.29 is 19.1 Å². The molecule has 7 nitrogen and oxygen atoms in total. The van der Waals surface area contributed by atoms with E-state index in [0.717, 1.165) is 36.1 Å². The van der Waals surface area contributed by atoms with Gasteiger partial charge in [0.15, 0.2) is 0 Å². The molecule has 0 aliphatic rings. The summed E-state index contributed by atoms with van der Waals surface area (Å²) in [5.74, 6) is 0.600. The Morgan fingerprint density at radius 3 is 2.47 bits per heavy atom. The summed E-state index contributed by atoms with van der Waals surface area (Å²) in [7, 11) is 0. The van der Waals surface area contributed by atoms with E-state index >= 15 is 0 Å². The van der Waals surface area contributed by atoms with Crippen LogP contribution >= 0.6 is 0 Å². The third-order valence-corrected chi connectivity index (χ3v) is 5.21. The summed E-state index contributed by atoms with van der Waals surface area (Å²) in [4.78, 5) is 24.1. The second-order valence-corrected chi connectivity index (χ2v) is 9.42. The molecule has 7 heteroatoms. The maximum atomic E-state index is 12.4. The van der Waals surface area contributed by atoms with Crippen molar-refractivity contribution in [1.29, 1.82) is 0 Å². The second kappa shape index (κ2) is 13.6. The van der Waals surface area contributed by atoms with E-state index in [4.69, 9.17) is 15.2 Å². The Balaban J connectivity index is 1.69. The molecule has 2 amide bonds. The normalized spacial score (nSPS) is 12.0. The summed E-state index contributed by atoms with van der Waals surface area (Å²) in [5, 5.41) is 5.68. The number of unbranched alkanes of at least 4 members (excludes halogenated alkanes) is 1. The standard InChI is InChI=1S/C27H39N3O4/c1-20-12-14-23(33-17-9-8-16-29-26(32)34-27(2,3)4)18-22(20)19-30-25(31)24(28)15-13-21-10-6-5-7-11-21/h5-7,10-12,14,18,24H,8-9,13,15-17,19,28H2,1-4H3,(H,29,32)(H,30,31). The van der Waals surface area contributed by atoms with Gasteiger partial charge in [0.1, 0.15) is 11.4 Å². The van der Waals surface area contributed by atoms with Gasteiger partial charge in [0.2, 0.25) is 5.91 Å². The Morgan fingerprint density at radius 1 is 1.03 bits per heavy atom. The SMILES string of the molecule is Cc1ccc(OCCCCNC(=O)OC(C)(C)C)cc1CNC(=O)C(N)CCc1ccccc1. The van der Waals surface area contributed by atoms with Crippen molar-refractivity contribution in [3.05, 3.63) is 65.2 Å². The number of carbonyl (C=O) groups is 2. The molecule has 2 aromatic carbocycles. The molecule has 0 saturated carbocycles. The molecule has 0 radical (unpaired) electrons. The van der Waals surface area contributed by atoms with Crippen LogP contribution in [-0.4, -0.2) is 36.8 Å². The molecule has 4 N–H and O–H groups in total. The molecule has 186 valence electrons. The molecule has 0 spiro atoms. The molecular weight excluding hydrogens is 430 g/mol. The summed E-state index contributed by atoms with van der Waals surface area (Å²) < 4.78 is 11.1. The average Bonchev–Trinajstić information content (AvgIpc) is 2.79. The highest BCUT2D eigenvalue weighted by molar-refractivity contribution is 5.81. The zero-order chi connectivity index (χ0) is 25.0. The van der Waals surface area contributed by atoms with Crippen molar-refractivity contribution in [2.45, 2.75) is 71.6 Å². The van der Waals surface area contributed by atoms with E-state index in [9.17, 15) is 9.59 Å². The van der Waals surface area contributed by atoms with E-state index in [1.165, 1.54) is 5.56 Å². The van der Waals surface area contributed by atoms with Gasteiger partial charge in [-0.1, -0.05) is 36.4 Å². The van der Waals surface area contributed by atoms with Gasteiger partial charge < -0.3 is 25.8 Å². The van der Waals surface area contributed by atoms with Crippen molar-refractivity contribution in [3.8, 4) is 5.75 Å².